The van der Waals surface area contributed by atoms with Gasteiger partial charge >= 0.3 is 0 Å². The van der Waals surface area contributed by atoms with Crippen LogP contribution in [0.15, 0.2) is 41.6 Å². The molecule has 19 heavy (non-hydrogen) atoms. The molecule has 2 aromatic rings. The Morgan fingerprint density at radius 1 is 1.42 bits per heavy atom. The van der Waals surface area contributed by atoms with Crippen molar-refractivity contribution in [3.8, 4) is 0 Å². The third kappa shape index (κ3) is 3.81. The van der Waals surface area contributed by atoms with Crippen molar-refractivity contribution in [1.82, 2.24) is 9.78 Å². The molecule has 1 N–H and O–H groups in total. The summed E-state index contributed by atoms with van der Waals surface area (Å²) in [5, 5.41) is 14.2. The van der Waals surface area contributed by atoms with Crippen LogP contribution in [-0.4, -0.2) is 20.6 Å². The largest absolute Gasteiger partial charge is 0.387 e. The maximum Gasteiger partial charge on any atom is 0.136 e. The Labute approximate surface area is 116 Å². The van der Waals surface area contributed by atoms with E-state index in [1.54, 1.807) is 24.4 Å². The van der Waals surface area contributed by atoms with E-state index < -0.39 is 6.10 Å². The number of aromatic nitrogens is 2. The van der Waals surface area contributed by atoms with Gasteiger partial charge in [0.15, 0.2) is 0 Å². The van der Waals surface area contributed by atoms with E-state index in [1.165, 1.54) is 17.8 Å². The van der Waals surface area contributed by atoms with E-state index in [-0.39, 0.29) is 5.82 Å². The Bertz CT molecular complexity index is 530. The third-order valence-electron chi connectivity index (χ3n) is 2.72. The van der Waals surface area contributed by atoms with Crippen LogP contribution < -0.4 is 0 Å². The van der Waals surface area contributed by atoms with E-state index in [0.29, 0.717) is 10.6 Å². The predicted molar refractivity (Wildman–Crippen MR) is 74.6 cm³/mol. The van der Waals surface area contributed by atoms with Crippen molar-refractivity contribution < 1.29 is 9.50 Å². The Morgan fingerprint density at radius 2 is 2.21 bits per heavy atom. The zero-order valence-corrected chi connectivity index (χ0v) is 11.6. The molecule has 0 fully saturated rings. The van der Waals surface area contributed by atoms with Gasteiger partial charge in [0.25, 0.3) is 0 Å². The lowest BCUT2D eigenvalue weighted by atomic mass is 10.2. The summed E-state index contributed by atoms with van der Waals surface area (Å²) >= 11 is 1.31. The summed E-state index contributed by atoms with van der Waals surface area (Å²) in [6, 6.07) is 6.59. The molecule has 0 aliphatic rings. The average molecular weight is 280 g/mol. The van der Waals surface area contributed by atoms with Gasteiger partial charge in [-0.15, -0.1) is 11.8 Å². The molecule has 0 saturated carbocycles. The Kier molecular flexibility index (Phi) is 4.99. The first-order valence-electron chi connectivity index (χ1n) is 6.28. The van der Waals surface area contributed by atoms with Crippen LogP contribution in [-0.2, 0) is 6.54 Å². The molecule has 102 valence electrons. The highest BCUT2D eigenvalue weighted by molar-refractivity contribution is 7.99. The zero-order chi connectivity index (χ0) is 13.7. The molecule has 0 radical (unpaired) electrons. The Morgan fingerprint density at radius 3 is 2.95 bits per heavy atom. The summed E-state index contributed by atoms with van der Waals surface area (Å²) in [4.78, 5) is 0.558. The van der Waals surface area contributed by atoms with E-state index in [2.05, 4.69) is 12.0 Å². The molecule has 1 aromatic carbocycles. The van der Waals surface area contributed by atoms with Crippen LogP contribution >= 0.6 is 11.8 Å². The molecule has 0 bridgehead atoms. The third-order valence-corrected chi connectivity index (χ3v) is 3.85. The minimum Gasteiger partial charge on any atom is -0.387 e. The average Bonchev–Trinajstić information content (AvgIpc) is 2.87. The van der Waals surface area contributed by atoms with Gasteiger partial charge in [-0.05, 0) is 18.6 Å². The zero-order valence-electron chi connectivity index (χ0n) is 10.8. The van der Waals surface area contributed by atoms with Crippen molar-refractivity contribution in [1.29, 1.82) is 0 Å². The highest BCUT2D eigenvalue weighted by Gasteiger charge is 2.12. The second-order valence-electron chi connectivity index (χ2n) is 4.29. The molecule has 1 atom stereocenters. The summed E-state index contributed by atoms with van der Waals surface area (Å²) in [6.07, 6.45) is 3.88. The fourth-order valence-electron chi connectivity index (χ4n) is 1.73. The van der Waals surface area contributed by atoms with E-state index in [4.69, 9.17) is 0 Å². The molecule has 0 saturated heterocycles. The first kappa shape index (κ1) is 14.1. The van der Waals surface area contributed by atoms with Crippen molar-refractivity contribution in [3.05, 3.63) is 48.0 Å². The first-order valence-corrected chi connectivity index (χ1v) is 7.27. The van der Waals surface area contributed by atoms with Gasteiger partial charge < -0.3 is 5.11 Å². The summed E-state index contributed by atoms with van der Waals surface area (Å²) in [7, 11) is 0. The van der Waals surface area contributed by atoms with Gasteiger partial charge in [-0.25, -0.2) is 4.39 Å². The second kappa shape index (κ2) is 6.73. The van der Waals surface area contributed by atoms with Crippen LogP contribution in [0.1, 0.15) is 25.0 Å². The van der Waals surface area contributed by atoms with Gasteiger partial charge in [-0.1, -0.05) is 19.1 Å². The summed E-state index contributed by atoms with van der Waals surface area (Å²) in [5.41, 5.74) is 0.775. The second-order valence-corrected chi connectivity index (χ2v) is 5.36. The molecular weight excluding hydrogens is 263 g/mol. The molecule has 2 rings (SSSR count). The van der Waals surface area contributed by atoms with E-state index >= 15 is 0 Å². The monoisotopic (exact) mass is 280 g/mol. The van der Waals surface area contributed by atoms with Crippen LogP contribution in [0, 0.1) is 5.82 Å². The number of aliphatic hydroxyl groups is 1. The van der Waals surface area contributed by atoms with Gasteiger partial charge in [0.05, 0.1) is 12.3 Å². The van der Waals surface area contributed by atoms with Gasteiger partial charge in [0.1, 0.15) is 5.82 Å². The van der Waals surface area contributed by atoms with Crippen LogP contribution in [0.25, 0.3) is 0 Å². The Hall–Kier alpha value is -1.33. The van der Waals surface area contributed by atoms with E-state index in [0.717, 1.165) is 18.5 Å². The minimum absolute atomic E-state index is 0.249. The number of hydrogen-bond donors (Lipinski definition) is 1. The number of aryl methyl sites for hydroxylation is 1. The highest BCUT2D eigenvalue weighted by atomic mass is 32.2. The SMILES string of the molecule is CCCn1cc(C(O)CSc2ccccc2F)cn1. The summed E-state index contributed by atoms with van der Waals surface area (Å²) in [5.74, 6) is 0.167. The van der Waals surface area contributed by atoms with Crippen LogP contribution in [0.2, 0.25) is 0 Å². The smallest absolute Gasteiger partial charge is 0.136 e. The van der Waals surface area contributed by atoms with Crippen molar-refractivity contribution in [3.63, 3.8) is 0 Å². The van der Waals surface area contributed by atoms with Gasteiger partial charge in [-0.2, -0.15) is 5.10 Å². The minimum atomic E-state index is -0.629. The fourth-order valence-corrected chi connectivity index (χ4v) is 2.64. The molecule has 1 aromatic heterocycles. The number of hydrogen-bond acceptors (Lipinski definition) is 3. The van der Waals surface area contributed by atoms with Crippen molar-refractivity contribution >= 4 is 11.8 Å². The van der Waals surface area contributed by atoms with Crippen LogP contribution in [0.4, 0.5) is 4.39 Å². The molecule has 1 heterocycles. The highest BCUT2D eigenvalue weighted by Crippen LogP contribution is 2.26. The van der Waals surface area contributed by atoms with Crippen molar-refractivity contribution in [2.24, 2.45) is 0 Å². The number of rotatable bonds is 6. The maximum absolute atomic E-state index is 13.4. The number of thioether (sulfide) groups is 1. The predicted octanol–water partition coefficient (Wildman–Crippen LogP) is 3.26. The Balaban J connectivity index is 1.93. The fraction of sp³-hybridized carbons (Fsp3) is 0.357. The molecule has 0 aliphatic heterocycles. The maximum atomic E-state index is 13.4. The molecular formula is C14H17FN2OS. The molecule has 5 heteroatoms. The lowest BCUT2D eigenvalue weighted by molar-refractivity contribution is 0.204. The number of halogens is 1. The van der Waals surface area contributed by atoms with Crippen molar-refractivity contribution in [2.75, 3.05) is 5.75 Å². The molecule has 0 spiro atoms. The van der Waals surface area contributed by atoms with E-state index in [9.17, 15) is 9.50 Å². The van der Waals surface area contributed by atoms with Gasteiger partial charge in [0, 0.05) is 29.0 Å². The summed E-state index contributed by atoms with van der Waals surface area (Å²) < 4.78 is 15.2. The normalized spacial score (nSPS) is 12.6. The van der Waals surface area contributed by atoms with Gasteiger partial charge in [-0.3, -0.25) is 4.68 Å². The van der Waals surface area contributed by atoms with Crippen LogP contribution in [0.3, 0.4) is 0 Å². The van der Waals surface area contributed by atoms with Gasteiger partial charge in [0.2, 0.25) is 0 Å². The number of nitrogens with zero attached hydrogens (tertiary/aromatic N) is 2. The quantitative estimate of drug-likeness (QED) is 0.825. The first-order chi connectivity index (χ1) is 9.20. The lowest BCUT2D eigenvalue weighted by Crippen LogP contribution is -2.00. The topological polar surface area (TPSA) is 38.0 Å². The standard InChI is InChI=1S/C14H17FN2OS/c1-2-7-17-9-11(8-16-17)13(18)10-19-14-6-4-3-5-12(14)15/h3-6,8-9,13,18H,2,7,10H2,1H3. The lowest BCUT2D eigenvalue weighted by Gasteiger charge is -2.08. The summed E-state index contributed by atoms with van der Waals surface area (Å²) in [6.45, 7) is 2.92. The molecule has 0 aliphatic carbocycles. The number of aliphatic hydroxyl groups excluding tert-OH is 1. The van der Waals surface area contributed by atoms with Crippen LogP contribution in [0.5, 0.6) is 0 Å². The molecule has 0 amide bonds. The van der Waals surface area contributed by atoms with Crippen molar-refractivity contribution in [2.45, 2.75) is 30.9 Å². The molecule has 1 unspecified atom stereocenters. The molecule has 3 nitrogen and oxygen atoms in total. The number of benzene rings is 1. The van der Waals surface area contributed by atoms with E-state index in [1.807, 2.05) is 10.9 Å².